The molecule has 0 radical (unpaired) electrons. The van der Waals surface area contributed by atoms with E-state index in [9.17, 15) is 39.6 Å². The number of amides is 2. The highest BCUT2D eigenvalue weighted by molar-refractivity contribution is 8.01. The predicted octanol–water partition coefficient (Wildman–Crippen LogP) is -0.807. The molecule has 240 valence electrons. The molecule has 11 N–H and O–H groups in total. The van der Waals surface area contributed by atoms with Crippen LogP contribution in [0.25, 0.3) is 0 Å². The predicted molar refractivity (Wildman–Crippen MR) is 164 cm³/mol. The van der Waals surface area contributed by atoms with Gasteiger partial charge in [-0.25, -0.2) is 14.6 Å². The van der Waals surface area contributed by atoms with Gasteiger partial charge >= 0.3 is 17.1 Å². The van der Waals surface area contributed by atoms with E-state index in [0.29, 0.717) is 10.7 Å². The SMILES string of the molecule is Nc1cc[n+](N)c(SCC2=C(C(=O)O)N3C(=O)[C@@H](NC(=O)/C(=N\O[C@@H](C(=O)O)c4ccc(O)c(O)c4)c4csc(N)n4)[C@H]3SC2)n1. The van der Waals surface area contributed by atoms with Crippen LogP contribution in [0.4, 0.5) is 10.9 Å². The normalized spacial score (nSPS) is 18.4. The summed E-state index contributed by atoms with van der Waals surface area (Å²) in [6.07, 6.45) is -0.326. The summed E-state index contributed by atoms with van der Waals surface area (Å²) in [5.41, 5.74) is 10.9. The molecular formula is C25H24N9O9S3+. The van der Waals surface area contributed by atoms with Gasteiger partial charge in [0.05, 0.1) is 0 Å². The van der Waals surface area contributed by atoms with E-state index in [1.54, 1.807) is 0 Å². The van der Waals surface area contributed by atoms with Gasteiger partial charge in [0.2, 0.25) is 11.9 Å². The number of nitrogens with zero attached hydrogens (tertiary/aromatic N) is 5. The zero-order valence-electron chi connectivity index (χ0n) is 23.1. The van der Waals surface area contributed by atoms with Gasteiger partial charge in [-0.2, -0.15) is 0 Å². The highest BCUT2D eigenvalue weighted by atomic mass is 32.2. The van der Waals surface area contributed by atoms with Gasteiger partial charge in [-0.3, -0.25) is 20.3 Å². The number of phenols is 2. The lowest BCUT2D eigenvalue weighted by atomic mass is 10.0. The van der Waals surface area contributed by atoms with Crippen LogP contribution in [-0.4, -0.2) is 87.7 Å². The molecular weight excluding hydrogens is 667 g/mol. The average Bonchev–Trinajstić information content (AvgIpc) is 3.44. The van der Waals surface area contributed by atoms with E-state index in [1.807, 2.05) is 0 Å². The fraction of sp³-hybridized carbons (Fsp3) is 0.200. The topological polar surface area (TPSA) is 294 Å². The molecule has 2 aromatic heterocycles. The number of hydrogen-bond acceptors (Lipinski definition) is 16. The second-order valence-corrected chi connectivity index (χ2v) is 12.5. The first-order valence-electron chi connectivity index (χ1n) is 12.8. The molecule has 0 spiro atoms. The van der Waals surface area contributed by atoms with Crippen LogP contribution < -0.4 is 27.3 Å². The maximum Gasteiger partial charge on any atom is 0.384 e. The minimum absolute atomic E-state index is 0.0534. The number of β-lactam (4-membered cyclic amide) rings is 1. The maximum atomic E-state index is 13.4. The molecule has 2 aliphatic heterocycles. The van der Waals surface area contributed by atoms with Crippen molar-refractivity contribution in [2.24, 2.45) is 5.16 Å². The van der Waals surface area contributed by atoms with E-state index in [4.69, 9.17) is 22.1 Å². The number of hydrogen-bond donors (Lipinski definition) is 8. The molecule has 21 heteroatoms. The van der Waals surface area contributed by atoms with Gasteiger partial charge < -0.3 is 42.0 Å². The molecule has 2 aliphatic rings. The quantitative estimate of drug-likeness (QED) is 0.0178. The number of carbonyl (C=O) groups is 4. The van der Waals surface area contributed by atoms with Crippen molar-refractivity contribution in [2.75, 3.05) is 28.8 Å². The Bertz CT molecular complexity index is 1820. The van der Waals surface area contributed by atoms with E-state index in [1.165, 1.54) is 40.1 Å². The van der Waals surface area contributed by atoms with Crippen molar-refractivity contribution in [1.82, 2.24) is 20.2 Å². The second-order valence-electron chi connectivity index (χ2n) is 9.53. The Balaban J connectivity index is 1.35. The monoisotopic (exact) mass is 690 g/mol. The number of rotatable bonds is 11. The smallest absolute Gasteiger partial charge is 0.384 e. The molecule has 0 aliphatic carbocycles. The first-order valence-corrected chi connectivity index (χ1v) is 15.7. The standard InChI is InChI=1S/C25H23N9O9S3/c26-14-3-4-33(28)25(30-14)46-7-10-6-44-21-16(20(38)34(21)17(10)22(39)40)31-19(37)15(11-8-45-24(27)29-11)32-43-18(23(41)42)9-1-2-12(35)13(36)5-9/h1-5,8,16,18,21,26H,6-7,28H2,(H7,27,29,31,32,35,36,37,39,40,41,42)/p+1/t16-,18-,21-/m1/s1. The van der Waals surface area contributed by atoms with Gasteiger partial charge in [0.1, 0.15) is 29.0 Å². The Morgan fingerprint density at radius 2 is 1.96 bits per heavy atom. The summed E-state index contributed by atoms with van der Waals surface area (Å²) < 4.78 is 1.23. The number of thiazole rings is 1. The van der Waals surface area contributed by atoms with Crippen LogP contribution in [0.5, 0.6) is 11.5 Å². The number of phenolic OH excluding ortho intramolecular Hbond substituents is 2. The number of aromatic nitrogens is 3. The van der Waals surface area contributed by atoms with Crippen LogP contribution in [0, 0.1) is 0 Å². The third-order valence-electron chi connectivity index (χ3n) is 6.52. The number of nitrogens with two attached hydrogens (primary N) is 3. The number of nitrogens with one attached hydrogen (secondary N) is 1. The Hall–Kier alpha value is -5.28. The Morgan fingerprint density at radius 1 is 1.20 bits per heavy atom. The molecule has 18 nitrogen and oxygen atoms in total. The number of anilines is 2. The van der Waals surface area contributed by atoms with Gasteiger partial charge in [-0.1, -0.05) is 11.2 Å². The van der Waals surface area contributed by atoms with Crippen LogP contribution in [-0.2, 0) is 24.0 Å². The summed E-state index contributed by atoms with van der Waals surface area (Å²) in [6.45, 7) is 0. The first-order chi connectivity index (χ1) is 21.8. The Labute approximate surface area is 270 Å². The molecule has 4 heterocycles. The molecule has 1 fully saturated rings. The van der Waals surface area contributed by atoms with Gasteiger partial charge in [-0.05, 0) is 34.5 Å². The van der Waals surface area contributed by atoms with Crippen LogP contribution in [0.2, 0.25) is 0 Å². The van der Waals surface area contributed by atoms with Crippen molar-refractivity contribution in [2.45, 2.75) is 22.7 Å². The third-order valence-corrected chi connectivity index (χ3v) is 9.59. The highest BCUT2D eigenvalue weighted by Crippen LogP contribution is 2.41. The molecule has 0 unspecified atom stereocenters. The summed E-state index contributed by atoms with van der Waals surface area (Å²) >= 11 is 3.31. The number of carboxylic acids is 2. The van der Waals surface area contributed by atoms with Crippen molar-refractivity contribution in [3.05, 3.63) is 58.4 Å². The lowest BCUT2D eigenvalue weighted by Gasteiger charge is -2.49. The molecule has 2 amide bonds. The number of aromatic hydroxyl groups is 2. The third kappa shape index (κ3) is 6.41. The van der Waals surface area contributed by atoms with E-state index < -0.39 is 58.5 Å². The molecule has 3 aromatic rings. The number of nitrogen functional groups attached to an aromatic ring is 3. The fourth-order valence-electron chi connectivity index (χ4n) is 4.35. The van der Waals surface area contributed by atoms with Crippen molar-refractivity contribution in [3.8, 4) is 11.5 Å². The highest BCUT2D eigenvalue weighted by Gasteiger charge is 2.54. The number of aliphatic carboxylic acids is 2. The Morgan fingerprint density at radius 3 is 2.61 bits per heavy atom. The number of benzene rings is 1. The number of carboxylic acid groups (broad SMARTS) is 2. The molecule has 0 bridgehead atoms. The largest absolute Gasteiger partial charge is 0.504 e. The summed E-state index contributed by atoms with van der Waals surface area (Å²) in [5.74, 6) is 0.754. The fourth-order valence-corrected chi connectivity index (χ4v) is 7.29. The van der Waals surface area contributed by atoms with E-state index in [2.05, 4.69) is 20.4 Å². The van der Waals surface area contributed by atoms with Crippen molar-refractivity contribution < 1.29 is 49.1 Å². The van der Waals surface area contributed by atoms with E-state index in [-0.39, 0.29) is 39.4 Å². The summed E-state index contributed by atoms with van der Waals surface area (Å²) in [6, 6.07) is 3.49. The van der Waals surface area contributed by atoms with Crippen LogP contribution in [0.3, 0.4) is 0 Å². The zero-order chi connectivity index (χ0) is 33.3. The zero-order valence-corrected chi connectivity index (χ0v) is 25.6. The second kappa shape index (κ2) is 13.0. The summed E-state index contributed by atoms with van der Waals surface area (Å²) in [7, 11) is 0. The minimum Gasteiger partial charge on any atom is -0.504 e. The number of thioether (sulfide) groups is 2. The Kier molecular flexibility index (Phi) is 9.07. The summed E-state index contributed by atoms with van der Waals surface area (Å²) in [4.78, 5) is 65.3. The van der Waals surface area contributed by atoms with Crippen LogP contribution >= 0.6 is 34.9 Å². The lowest BCUT2D eigenvalue weighted by molar-refractivity contribution is -0.682. The van der Waals surface area contributed by atoms with E-state index >= 15 is 0 Å². The van der Waals surface area contributed by atoms with Gasteiger partial charge in [0.25, 0.3) is 11.8 Å². The molecule has 3 atom stereocenters. The molecule has 1 aromatic carbocycles. The van der Waals surface area contributed by atoms with E-state index in [0.717, 1.165) is 40.1 Å². The van der Waals surface area contributed by atoms with Crippen molar-refractivity contribution in [3.63, 3.8) is 0 Å². The molecule has 0 saturated carbocycles. The molecule has 5 rings (SSSR count). The van der Waals surface area contributed by atoms with Crippen molar-refractivity contribution >= 4 is 75.3 Å². The van der Waals surface area contributed by atoms with Gasteiger partial charge in [0.15, 0.2) is 22.3 Å². The maximum absolute atomic E-state index is 13.4. The average molecular weight is 691 g/mol. The number of fused-ring (bicyclic) bond motifs is 1. The van der Waals surface area contributed by atoms with Gasteiger partial charge in [-0.15, -0.1) is 27.8 Å². The van der Waals surface area contributed by atoms with Crippen molar-refractivity contribution in [1.29, 1.82) is 0 Å². The van der Waals surface area contributed by atoms with Crippen LogP contribution in [0.1, 0.15) is 17.4 Å². The lowest BCUT2D eigenvalue weighted by Crippen LogP contribution is -2.71. The number of carbonyl (C=O) groups excluding carboxylic acids is 2. The van der Waals surface area contributed by atoms with Crippen LogP contribution in [0.15, 0.2) is 57.4 Å². The van der Waals surface area contributed by atoms with Gasteiger partial charge in [0, 0.05) is 28.5 Å². The number of oxime groups is 1. The summed E-state index contributed by atoms with van der Waals surface area (Å²) in [5, 5.41) is 46.2. The molecule has 46 heavy (non-hydrogen) atoms. The minimum atomic E-state index is -1.82. The molecule has 1 saturated heterocycles. The first kappa shape index (κ1) is 32.1.